The van der Waals surface area contributed by atoms with E-state index in [0.29, 0.717) is 29.0 Å². The average molecular weight is 598 g/mol. The number of ether oxygens (including phenoxy) is 2. The molecule has 0 radical (unpaired) electrons. The van der Waals surface area contributed by atoms with Crippen LogP contribution in [0.1, 0.15) is 35.3 Å². The highest BCUT2D eigenvalue weighted by atomic mass is 19.4. The van der Waals surface area contributed by atoms with Crippen LogP contribution in [-0.2, 0) is 27.9 Å². The summed E-state index contributed by atoms with van der Waals surface area (Å²) < 4.78 is 48.8. The maximum atomic E-state index is 13.5. The predicted octanol–water partition coefficient (Wildman–Crippen LogP) is 4.42. The zero-order valence-electron chi connectivity index (χ0n) is 23.9. The third-order valence-corrected chi connectivity index (χ3v) is 7.18. The van der Waals surface area contributed by atoms with Crippen LogP contribution in [0.15, 0.2) is 48.9 Å². The van der Waals surface area contributed by atoms with Gasteiger partial charge in [0.05, 0.1) is 55.3 Å². The number of hydrogen-bond donors (Lipinski definition) is 2. The second kappa shape index (κ2) is 11.9. The number of hydrogen-bond acceptors (Lipinski definition) is 8. The van der Waals surface area contributed by atoms with Crippen LogP contribution in [0.4, 0.5) is 24.7 Å². The molecule has 43 heavy (non-hydrogen) atoms. The Kier molecular flexibility index (Phi) is 8.22. The maximum Gasteiger partial charge on any atom is 0.573 e. The van der Waals surface area contributed by atoms with Gasteiger partial charge >= 0.3 is 18.2 Å². The number of nitrogens with zero attached hydrogens (tertiary/aromatic N) is 5. The van der Waals surface area contributed by atoms with Crippen molar-refractivity contribution < 1.29 is 32.2 Å². The lowest BCUT2D eigenvalue weighted by Gasteiger charge is -2.39. The molecule has 5 rings (SSSR count). The van der Waals surface area contributed by atoms with E-state index in [-0.39, 0.29) is 18.9 Å². The highest BCUT2D eigenvalue weighted by Gasteiger charge is 2.38. The second-order valence-corrected chi connectivity index (χ2v) is 10.4. The van der Waals surface area contributed by atoms with Crippen LogP contribution >= 0.6 is 0 Å². The van der Waals surface area contributed by atoms with E-state index in [2.05, 4.69) is 42.6 Å². The van der Waals surface area contributed by atoms with Crippen molar-refractivity contribution in [3.63, 3.8) is 0 Å². The number of amides is 2. The molecular formula is C29H30F3N7O4. The van der Waals surface area contributed by atoms with Gasteiger partial charge in [0.1, 0.15) is 11.3 Å². The molecule has 1 fully saturated rings. The van der Waals surface area contributed by atoms with Crippen LogP contribution in [-0.4, -0.2) is 62.1 Å². The smallest absolute Gasteiger partial charge is 0.404 e. The number of pyridine rings is 2. The number of nitrogens with one attached hydrogen (secondary N) is 2. The molecule has 2 unspecified atom stereocenters. The van der Waals surface area contributed by atoms with E-state index in [4.69, 9.17) is 4.74 Å². The van der Waals surface area contributed by atoms with Crippen LogP contribution in [0.25, 0.3) is 10.9 Å². The lowest BCUT2D eigenvalue weighted by Crippen LogP contribution is -2.52. The van der Waals surface area contributed by atoms with E-state index in [1.54, 1.807) is 24.9 Å². The summed E-state index contributed by atoms with van der Waals surface area (Å²) in [7, 11) is 1.75. The third kappa shape index (κ3) is 6.53. The van der Waals surface area contributed by atoms with Gasteiger partial charge < -0.3 is 25.0 Å². The van der Waals surface area contributed by atoms with E-state index in [0.717, 1.165) is 23.4 Å². The Balaban J connectivity index is 1.34. The van der Waals surface area contributed by atoms with E-state index >= 15 is 0 Å². The van der Waals surface area contributed by atoms with Crippen molar-refractivity contribution in [1.29, 1.82) is 0 Å². The van der Waals surface area contributed by atoms with E-state index in [9.17, 15) is 22.8 Å². The molecule has 4 aromatic rings. The van der Waals surface area contributed by atoms with Crippen LogP contribution in [0, 0.1) is 13.8 Å². The summed E-state index contributed by atoms with van der Waals surface area (Å²) in [6.45, 7) is 6.48. The molecule has 1 aliphatic heterocycles. The van der Waals surface area contributed by atoms with Gasteiger partial charge in [-0.25, -0.2) is 4.98 Å². The zero-order chi connectivity index (χ0) is 30.9. The Hall–Kier alpha value is -4.72. The summed E-state index contributed by atoms with van der Waals surface area (Å²) in [4.78, 5) is 36.6. The molecule has 0 spiro atoms. The molecule has 14 heteroatoms. The first-order chi connectivity index (χ1) is 20.4. The number of anilines is 2. The monoisotopic (exact) mass is 597 g/mol. The van der Waals surface area contributed by atoms with E-state index in [1.165, 1.54) is 22.7 Å². The number of carbonyl (C=O) groups excluding carboxylic acids is 2. The maximum absolute atomic E-state index is 13.5. The topological polar surface area (TPSA) is 124 Å². The number of carbonyl (C=O) groups is 2. The van der Waals surface area contributed by atoms with Crippen molar-refractivity contribution in [2.75, 3.05) is 23.8 Å². The van der Waals surface area contributed by atoms with Crippen LogP contribution in [0.3, 0.4) is 0 Å². The second-order valence-electron chi connectivity index (χ2n) is 10.4. The van der Waals surface area contributed by atoms with Crippen molar-refractivity contribution in [2.45, 2.75) is 45.8 Å². The summed E-state index contributed by atoms with van der Waals surface area (Å²) in [6.07, 6.45) is -0.922. The molecule has 1 aromatic carbocycles. The van der Waals surface area contributed by atoms with Gasteiger partial charge in [-0.3, -0.25) is 19.3 Å². The van der Waals surface area contributed by atoms with Gasteiger partial charge in [-0.2, -0.15) is 5.10 Å². The molecule has 11 nitrogen and oxygen atoms in total. The molecule has 2 N–H and O–H groups in total. The number of aryl methyl sites for hydroxylation is 3. The van der Waals surface area contributed by atoms with Crippen LogP contribution in [0.5, 0.6) is 5.75 Å². The fraction of sp³-hybridized carbons (Fsp3) is 0.345. The van der Waals surface area contributed by atoms with Gasteiger partial charge in [0.2, 0.25) is 0 Å². The molecular weight excluding hydrogens is 567 g/mol. The summed E-state index contributed by atoms with van der Waals surface area (Å²) in [5.41, 5.74) is 4.61. The average Bonchev–Trinajstić information content (AvgIpc) is 3.34. The minimum atomic E-state index is -4.87. The Bertz CT molecular complexity index is 1660. The summed E-state index contributed by atoms with van der Waals surface area (Å²) in [6, 6.07) is 7.27. The van der Waals surface area contributed by atoms with E-state index < -0.39 is 36.0 Å². The first kappa shape index (κ1) is 29.8. The number of rotatable bonds is 6. The third-order valence-electron chi connectivity index (χ3n) is 7.18. The molecule has 2 atom stereocenters. The number of fused-ring (bicyclic) bond motifs is 1. The summed E-state index contributed by atoms with van der Waals surface area (Å²) >= 11 is 0. The number of halogens is 3. The van der Waals surface area contributed by atoms with Crippen molar-refractivity contribution in [3.05, 3.63) is 71.3 Å². The van der Waals surface area contributed by atoms with Gasteiger partial charge in [0, 0.05) is 19.0 Å². The molecule has 2 amide bonds. The molecule has 1 saturated heterocycles. The summed E-state index contributed by atoms with van der Waals surface area (Å²) in [5, 5.41) is 10.9. The van der Waals surface area contributed by atoms with E-state index in [1.807, 2.05) is 19.9 Å². The summed E-state index contributed by atoms with van der Waals surface area (Å²) in [5.74, 6) is -1.72. The fourth-order valence-electron chi connectivity index (χ4n) is 5.09. The minimum Gasteiger partial charge on any atom is -0.404 e. The number of benzene rings is 1. The number of aromatic nitrogens is 4. The van der Waals surface area contributed by atoms with Crippen LogP contribution in [0.2, 0.25) is 0 Å². The van der Waals surface area contributed by atoms with Gasteiger partial charge in [-0.15, -0.1) is 13.2 Å². The van der Waals surface area contributed by atoms with Gasteiger partial charge in [0.25, 0.3) is 0 Å². The Morgan fingerprint density at radius 2 is 1.88 bits per heavy atom. The van der Waals surface area contributed by atoms with Crippen molar-refractivity contribution >= 4 is 34.2 Å². The molecule has 3 aromatic heterocycles. The lowest BCUT2D eigenvalue weighted by molar-refractivity contribution is -0.274. The molecule has 0 saturated carbocycles. The highest BCUT2D eigenvalue weighted by Crippen LogP contribution is 2.31. The SMILES string of the molecule is Cc1ccc(CNc2ncc(NC(=O)C(=O)N3C(C)COCC3c3ccc(OC(F)(F)F)cn3)c3cnn(C)c23)c(C)c1. The zero-order valence-corrected chi connectivity index (χ0v) is 23.9. The van der Waals surface area contributed by atoms with Gasteiger partial charge in [0.15, 0.2) is 5.82 Å². The number of morpholine rings is 1. The molecule has 4 heterocycles. The Labute approximate surface area is 245 Å². The minimum absolute atomic E-state index is 0.00502. The largest absolute Gasteiger partial charge is 0.573 e. The quantitative estimate of drug-likeness (QED) is 0.313. The molecule has 226 valence electrons. The predicted molar refractivity (Wildman–Crippen MR) is 151 cm³/mol. The Morgan fingerprint density at radius 3 is 2.58 bits per heavy atom. The van der Waals surface area contributed by atoms with Crippen molar-refractivity contribution in [1.82, 2.24) is 24.6 Å². The highest BCUT2D eigenvalue weighted by molar-refractivity contribution is 6.40. The normalized spacial score (nSPS) is 17.1. The standard InChI is InChI=1S/C29H30F3N7O4/c1-16-5-6-19(17(2)9-16)10-34-26-25-21(12-36-38(25)4)23(13-35-26)37-27(40)28(41)39-18(3)14-42-15-24(39)22-8-7-20(11-33-22)43-29(30,31)32/h5-9,11-13,18,24H,10,14-15H2,1-4H3,(H,34,35)(H,37,40). The molecule has 0 aliphatic carbocycles. The molecule has 1 aliphatic rings. The van der Waals surface area contributed by atoms with Crippen molar-refractivity contribution in [3.8, 4) is 5.75 Å². The Morgan fingerprint density at radius 1 is 1.09 bits per heavy atom. The first-order valence-corrected chi connectivity index (χ1v) is 13.4. The van der Waals surface area contributed by atoms with Gasteiger partial charge in [-0.05, 0) is 44.0 Å². The first-order valence-electron chi connectivity index (χ1n) is 13.4. The van der Waals surface area contributed by atoms with Crippen LogP contribution < -0.4 is 15.4 Å². The molecule has 0 bridgehead atoms. The lowest BCUT2D eigenvalue weighted by atomic mass is 10.1. The fourth-order valence-corrected chi connectivity index (χ4v) is 5.09. The van der Waals surface area contributed by atoms with Gasteiger partial charge in [-0.1, -0.05) is 23.8 Å². The van der Waals surface area contributed by atoms with Crippen molar-refractivity contribution in [2.24, 2.45) is 7.05 Å². The number of alkyl halides is 3.